The Morgan fingerprint density at radius 2 is 1.94 bits per heavy atom. The smallest absolute Gasteiger partial charge is 0.363 e. The fourth-order valence-electron chi connectivity index (χ4n) is 5.01. The van der Waals surface area contributed by atoms with Crippen LogP contribution in [-0.2, 0) is 17.4 Å². The van der Waals surface area contributed by atoms with Crippen molar-refractivity contribution in [1.29, 1.82) is 0 Å². The lowest BCUT2D eigenvalue weighted by Crippen LogP contribution is -2.46. The summed E-state index contributed by atoms with van der Waals surface area (Å²) >= 11 is 6.13. The molecule has 188 valence electrons. The molecule has 5 rings (SSSR count). The van der Waals surface area contributed by atoms with E-state index >= 15 is 0 Å². The molecule has 1 fully saturated rings. The highest BCUT2D eigenvalue weighted by molar-refractivity contribution is 6.31. The van der Waals surface area contributed by atoms with Crippen molar-refractivity contribution in [3.05, 3.63) is 64.3 Å². The predicted molar refractivity (Wildman–Crippen MR) is 129 cm³/mol. The van der Waals surface area contributed by atoms with Crippen LogP contribution in [0.2, 0.25) is 5.02 Å². The highest BCUT2D eigenvalue weighted by atomic mass is 35.5. The lowest BCUT2D eigenvalue weighted by atomic mass is 9.86. The number of hydrogen-bond acceptors (Lipinski definition) is 6. The topological polar surface area (TPSA) is 83.9 Å². The summed E-state index contributed by atoms with van der Waals surface area (Å²) in [5.74, 6) is 0.316. The fourth-order valence-corrected chi connectivity index (χ4v) is 5.28. The zero-order chi connectivity index (χ0) is 25.7. The molecule has 3 aromatic heterocycles. The van der Waals surface area contributed by atoms with E-state index in [1.165, 1.54) is 0 Å². The van der Waals surface area contributed by atoms with Crippen LogP contribution in [0, 0.1) is 6.92 Å². The number of nitrogens with one attached hydrogen (secondary N) is 1. The number of nitrogens with zero attached hydrogens (tertiary/aromatic N) is 5. The van der Waals surface area contributed by atoms with Gasteiger partial charge in [0, 0.05) is 37.2 Å². The Morgan fingerprint density at radius 3 is 2.67 bits per heavy atom. The molecule has 0 bridgehead atoms. The van der Waals surface area contributed by atoms with E-state index in [2.05, 4.69) is 26.3 Å². The summed E-state index contributed by atoms with van der Waals surface area (Å²) in [7, 11) is 0. The van der Waals surface area contributed by atoms with Gasteiger partial charge in [-0.05, 0) is 62.4 Å². The summed E-state index contributed by atoms with van der Waals surface area (Å²) < 4.78 is 39.5. The molecule has 0 aliphatic carbocycles. The molecule has 7 nitrogen and oxygen atoms in total. The Bertz CT molecular complexity index is 1320. The second kappa shape index (κ2) is 8.99. The number of rotatable bonds is 3. The largest absolute Gasteiger partial charge is 0.433 e. The maximum atomic E-state index is 13.3. The van der Waals surface area contributed by atoms with Gasteiger partial charge < -0.3 is 10.2 Å². The van der Waals surface area contributed by atoms with Crippen molar-refractivity contribution in [2.45, 2.75) is 50.7 Å². The van der Waals surface area contributed by atoms with Gasteiger partial charge in [0.2, 0.25) is 5.91 Å². The first-order valence-electron chi connectivity index (χ1n) is 11.6. The molecule has 2 atom stereocenters. The summed E-state index contributed by atoms with van der Waals surface area (Å²) in [5.41, 5.74) is 1.47. The lowest BCUT2D eigenvalue weighted by molar-refractivity contribution is -0.141. The van der Waals surface area contributed by atoms with Gasteiger partial charge in [-0.25, -0.2) is 15.0 Å². The Hall–Kier alpha value is -3.27. The molecule has 36 heavy (non-hydrogen) atoms. The normalized spacial score (nSPS) is 20.2. The molecule has 5 heterocycles. The van der Waals surface area contributed by atoms with Gasteiger partial charge in [-0.15, -0.1) is 0 Å². The molecule has 3 aromatic rings. The minimum atomic E-state index is -4.61. The number of hydrogen-bond donors (Lipinski definition) is 1. The van der Waals surface area contributed by atoms with E-state index in [4.69, 9.17) is 16.6 Å². The molecule has 0 unspecified atom stereocenters. The van der Waals surface area contributed by atoms with Crippen LogP contribution < -0.4 is 5.32 Å². The molecule has 0 radical (unpaired) electrons. The van der Waals surface area contributed by atoms with Gasteiger partial charge in [0.1, 0.15) is 11.5 Å². The van der Waals surface area contributed by atoms with E-state index in [9.17, 15) is 18.0 Å². The third-order valence-electron chi connectivity index (χ3n) is 7.03. The molecule has 1 amide bonds. The SMILES string of the molecule is Cc1nc2c(cc1-c1ncccn1)CC[C@@]1(CCN(C(=O)[C@@H](C)c3cc(C(F)(F)F)ncc3Cl)C1)N2. The number of halogens is 4. The van der Waals surface area contributed by atoms with Crippen molar-refractivity contribution in [3.63, 3.8) is 0 Å². The Balaban J connectivity index is 1.33. The van der Waals surface area contributed by atoms with Gasteiger partial charge in [-0.1, -0.05) is 11.6 Å². The fraction of sp³-hybridized carbons (Fsp3) is 0.400. The van der Waals surface area contributed by atoms with Crippen molar-refractivity contribution in [2.24, 2.45) is 0 Å². The Morgan fingerprint density at radius 1 is 1.19 bits per heavy atom. The summed E-state index contributed by atoms with van der Waals surface area (Å²) in [6.07, 6.45) is 2.02. The van der Waals surface area contributed by atoms with Crippen LogP contribution in [0.3, 0.4) is 0 Å². The van der Waals surface area contributed by atoms with Crippen LogP contribution in [0.1, 0.15) is 48.2 Å². The number of aryl methyl sites for hydroxylation is 2. The first-order valence-corrected chi connectivity index (χ1v) is 12.0. The van der Waals surface area contributed by atoms with Gasteiger partial charge in [-0.3, -0.25) is 9.78 Å². The van der Waals surface area contributed by atoms with Gasteiger partial charge in [0.05, 0.1) is 22.2 Å². The van der Waals surface area contributed by atoms with Gasteiger partial charge in [0.25, 0.3) is 0 Å². The lowest BCUT2D eigenvalue weighted by Gasteiger charge is -2.36. The number of fused-ring (bicyclic) bond motifs is 1. The minimum Gasteiger partial charge on any atom is -0.363 e. The van der Waals surface area contributed by atoms with E-state index in [1.54, 1.807) is 30.3 Å². The first-order chi connectivity index (χ1) is 17.1. The maximum Gasteiger partial charge on any atom is 0.433 e. The van der Waals surface area contributed by atoms with Crippen LogP contribution in [0.5, 0.6) is 0 Å². The number of aromatic nitrogens is 4. The van der Waals surface area contributed by atoms with Crippen LogP contribution in [0.25, 0.3) is 11.4 Å². The number of anilines is 1. The summed E-state index contributed by atoms with van der Waals surface area (Å²) in [5, 5.41) is 3.61. The third-order valence-corrected chi connectivity index (χ3v) is 7.35. The summed E-state index contributed by atoms with van der Waals surface area (Å²) in [4.78, 5) is 31.8. The van der Waals surface area contributed by atoms with Crippen molar-refractivity contribution >= 4 is 23.3 Å². The quantitative estimate of drug-likeness (QED) is 0.524. The first kappa shape index (κ1) is 24.4. The second-order valence-electron chi connectivity index (χ2n) is 9.43. The van der Waals surface area contributed by atoms with E-state index < -0.39 is 17.8 Å². The number of pyridine rings is 2. The van der Waals surface area contributed by atoms with Gasteiger partial charge in [0.15, 0.2) is 5.82 Å². The van der Waals surface area contributed by atoms with Crippen molar-refractivity contribution in [2.75, 3.05) is 18.4 Å². The number of alkyl halides is 3. The van der Waals surface area contributed by atoms with Crippen LogP contribution in [0.15, 0.2) is 36.8 Å². The predicted octanol–water partition coefficient (Wildman–Crippen LogP) is 5.05. The van der Waals surface area contributed by atoms with E-state index in [0.717, 1.165) is 47.7 Å². The molecule has 1 N–H and O–H groups in total. The zero-order valence-electron chi connectivity index (χ0n) is 19.7. The van der Waals surface area contributed by atoms with Crippen molar-refractivity contribution in [1.82, 2.24) is 24.8 Å². The van der Waals surface area contributed by atoms with Crippen LogP contribution in [0.4, 0.5) is 19.0 Å². The molecule has 0 aromatic carbocycles. The molecule has 2 aliphatic rings. The van der Waals surface area contributed by atoms with Crippen molar-refractivity contribution < 1.29 is 18.0 Å². The van der Waals surface area contributed by atoms with Crippen LogP contribution >= 0.6 is 11.6 Å². The average molecular weight is 517 g/mol. The highest BCUT2D eigenvalue weighted by Gasteiger charge is 2.44. The van der Waals surface area contributed by atoms with Gasteiger partial charge in [-0.2, -0.15) is 13.2 Å². The van der Waals surface area contributed by atoms with E-state index in [-0.39, 0.29) is 22.0 Å². The van der Waals surface area contributed by atoms with Gasteiger partial charge >= 0.3 is 6.18 Å². The Kier molecular flexibility index (Phi) is 6.10. The average Bonchev–Trinajstić information content (AvgIpc) is 3.26. The number of carbonyl (C=O) groups excluding carboxylic acids is 1. The maximum absolute atomic E-state index is 13.3. The summed E-state index contributed by atoms with van der Waals surface area (Å²) in [6.45, 7) is 4.43. The third kappa shape index (κ3) is 4.50. The molecule has 1 spiro atoms. The van der Waals surface area contributed by atoms with E-state index in [1.807, 2.05) is 6.92 Å². The number of carbonyl (C=O) groups is 1. The molecular formula is C25H24ClF3N6O. The molecule has 2 aliphatic heterocycles. The molecular weight excluding hydrogens is 493 g/mol. The van der Waals surface area contributed by atoms with Crippen molar-refractivity contribution in [3.8, 4) is 11.4 Å². The summed E-state index contributed by atoms with van der Waals surface area (Å²) in [6, 6.07) is 4.70. The Labute approximate surface area is 211 Å². The molecule has 0 saturated carbocycles. The molecule has 1 saturated heterocycles. The minimum absolute atomic E-state index is 0.0420. The monoisotopic (exact) mass is 516 g/mol. The number of amides is 1. The second-order valence-corrected chi connectivity index (χ2v) is 9.83. The zero-order valence-corrected chi connectivity index (χ0v) is 20.5. The van der Waals surface area contributed by atoms with Crippen LogP contribution in [-0.4, -0.2) is 49.4 Å². The van der Waals surface area contributed by atoms with E-state index in [0.29, 0.717) is 25.3 Å². The highest BCUT2D eigenvalue weighted by Crippen LogP contribution is 2.39. The molecule has 11 heteroatoms. The number of likely N-dealkylation sites (tertiary alicyclic amines) is 1. The standard InChI is InChI=1S/C25H24ClF3N6O/c1-14(17-11-20(25(27,28)29)32-12-19(17)26)23(36)35-9-6-24(13-35)5-4-16-10-18(15(2)33-21(16)34-24)22-30-7-3-8-31-22/h3,7-8,10-12,14H,4-6,9,13H2,1-2H3,(H,33,34)/t14-,24-/m0/s1.